The highest BCUT2D eigenvalue weighted by molar-refractivity contribution is 5.79. The number of carbonyl (C=O) groups is 1. The average Bonchev–Trinajstić information content (AvgIpc) is 3.20. The Balaban J connectivity index is 2.08. The fourth-order valence-electron chi connectivity index (χ4n) is 2.05. The van der Waals surface area contributed by atoms with E-state index in [1.165, 1.54) is 12.1 Å². The third kappa shape index (κ3) is 3.53. The van der Waals surface area contributed by atoms with Gasteiger partial charge in [-0.05, 0) is 37.5 Å². The van der Waals surface area contributed by atoms with Gasteiger partial charge in [0, 0.05) is 18.6 Å². The third-order valence-corrected chi connectivity index (χ3v) is 3.72. The summed E-state index contributed by atoms with van der Waals surface area (Å²) in [6, 6.07) is 6.50. The van der Waals surface area contributed by atoms with Crippen LogP contribution in [0.2, 0.25) is 0 Å². The number of hydrogen-bond acceptors (Lipinski definition) is 2. The molecule has 1 aliphatic carbocycles. The summed E-state index contributed by atoms with van der Waals surface area (Å²) in [5.41, 5.74) is 6.77. The van der Waals surface area contributed by atoms with Crippen LogP contribution < -0.4 is 5.73 Å². The Morgan fingerprint density at radius 2 is 1.95 bits per heavy atom. The zero-order chi connectivity index (χ0) is 14.0. The van der Waals surface area contributed by atoms with Gasteiger partial charge in [0.15, 0.2) is 0 Å². The highest BCUT2D eigenvalue weighted by Crippen LogP contribution is 2.30. The van der Waals surface area contributed by atoms with Gasteiger partial charge in [-0.15, -0.1) is 0 Å². The molecular weight excluding hydrogens is 243 g/mol. The van der Waals surface area contributed by atoms with Gasteiger partial charge >= 0.3 is 0 Å². The molecule has 0 spiro atoms. The number of carbonyl (C=O) groups excluding carboxylic acids is 1. The lowest BCUT2D eigenvalue weighted by molar-refractivity contribution is -0.136. The average molecular weight is 264 g/mol. The number of nitrogens with two attached hydrogens (primary N) is 1. The molecular formula is C15H21FN2O. The second-order valence-electron chi connectivity index (χ2n) is 5.47. The highest BCUT2D eigenvalue weighted by Gasteiger charge is 2.35. The number of amides is 1. The molecule has 2 unspecified atom stereocenters. The number of benzene rings is 1. The molecule has 1 amide bonds. The summed E-state index contributed by atoms with van der Waals surface area (Å²) < 4.78 is 12.9. The van der Waals surface area contributed by atoms with Crippen LogP contribution in [0.4, 0.5) is 4.39 Å². The minimum Gasteiger partial charge on any atom is -0.335 e. The van der Waals surface area contributed by atoms with Crippen molar-refractivity contribution in [2.45, 2.75) is 45.3 Å². The molecule has 1 saturated carbocycles. The smallest absolute Gasteiger partial charge is 0.227 e. The van der Waals surface area contributed by atoms with E-state index in [2.05, 4.69) is 0 Å². The number of nitrogens with zero attached hydrogens (tertiary/aromatic N) is 1. The van der Waals surface area contributed by atoms with E-state index in [4.69, 9.17) is 5.73 Å². The van der Waals surface area contributed by atoms with Gasteiger partial charge in [-0.3, -0.25) is 4.79 Å². The Morgan fingerprint density at radius 3 is 2.42 bits per heavy atom. The lowest BCUT2D eigenvalue weighted by Crippen LogP contribution is -2.42. The van der Waals surface area contributed by atoms with Crippen molar-refractivity contribution in [1.82, 2.24) is 4.90 Å². The molecule has 0 aliphatic heterocycles. The van der Waals surface area contributed by atoms with Crippen LogP contribution in [0.3, 0.4) is 0 Å². The Labute approximate surface area is 113 Å². The summed E-state index contributed by atoms with van der Waals surface area (Å²) in [5, 5.41) is 0. The van der Waals surface area contributed by atoms with Crippen molar-refractivity contribution in [1.29, 1.82) is 0 Å². The van der Waals surface area contributed by atoms with E-state index in [0.717, 1.165) is 18.4 Å². The zero-order valence-electron chi connectivity index (χ0n) is 11.5. The van der Waals surface area contributed by atoms with Gasteiger partial charge in [-0.2, -0.15) is 0 Å². The maximum atomic E-state index is 12.9. The number of hydrogen-bond donors (Lipinski definition) is 1. The van der Waals surface area contributed by atoms with Crippen LogP contribution in [0.5, 0.6) is 0 Å². The number of halogens is 1. The summed E-state index contributed by atoms with van der Waals surface area (Å²) in [6.45, 7) is 4.26. The first-order valence-electron chi connectivity index (χ1n) is 6.79. The quantitative estimate of drug-likeness (QED) is 0.887. The van der Waals surface area contributed by atoms with Crippen LogP contribution in [-0.2, 0) is 11.3 Å². The van der Waals surface area contributed by atoms with Crippen LogP contribution >= 0.6 is 0 Å². The summed E-state index contributed by atoms with van der Waals surface area (Å²) in [6.07, 6.45) is 2.11. The standard InChI is InChI=1S/C15H21FN2O/c1-10(11(2)17)15(19)18(14-7-8-14)9-12-3-5-13(16)6-4-12/h3-6,10-11,14H,7-9,17H2,1-2H3. The first-order valence-corrected chi connectivity index (χ1v) is 6.79. The summed E-state index contributed by atoms with van der Waals surface area (Å²) in [5.74, 6) is -0.333. The second-order valence-corrected chi connectivity index (χ2v) is 5.47. The van der Waals surface area contributed by atoms with Gasteiger partial charge in [0.25, 0.3) is 0 Å². The zero-order valence-corrected chi connectivity index (χ0v) is 11.5. The molecule has 1 aromatic rings. The lowest BCUT2D eigenvalue weighted by atomic mass is 10.0. The van der Waals surface area contributed by atoms with E-state index < -0.39 is 0 Å². The molecule has 2 N–H and O–H groups in total. The van der Waals surface area contributed by atoms with Crippen molar-refractivity contribution >= 4 is 5.91 Å². The van der Waals surface area contributed by atoms with Crippen molar-refractivity contribution < 1.29 is 9.18 Å². The minimum atomic E-state index is -0.253. The highest BCUT2D eigenvalue weighted by atomic mass is 19.1. The van der Waals surface area contributed by atoms with Gasteiger partial charge in [-0.1, -0.05) is 19.1 Å². The predicted molar refractivity (Wildman–Crippen MR) is 72.8 cm³/mol. The SMILES string of the molecule is CC(N)C(C)C(=O)N(Cc1ccc(F)cc1)C1CC1. The molecule has 1 aromatic carbocycles. The Kier molecular flexibility index (Phi) is 4.20. The van der Waals surface area contributed by atoms with E-state index in [9.17, 15) is 9.18 Å². The van der Waals surface area contributed by atoms with Gasteiger partial charge in [-0.25, -0.2) is 4.39 Å². The second kappa shape index (κ2) is 5.70. The molecule has 0 aromatic heterocycles. The predicted octanol–water partition coefficient (Wildman–Crippen LogP) is 2.30. The van der Waals surface area contributed by atoms with E-state index >= 15 is 0 Å². The van der Waals surface area contributed by atoms with E-state index in [0.29, 0.717) is 12.6 Å². The van der Waals surface area contributed by atoms with Crippen molar-refractivity contribution in [2.24, 2.45) is 11.7 Å². The molecule has 1 aliphatic rings. The van der Waals surface area contributed by atoms with Crippen LogP contribution in [0.1, 0.15) is 32.3 Å². The number of rotatable bonds is 5. The van der Waals surface area contributed by atoms with Gasteiger partial charge in [0.2, 0.25) is 5.91 Å². The molecule has 19 heavy (non-hydrogen) atoms. The van der Waals surface area contributed by atoms with Gasteiger partial charge in [0.1, 0.15) is 5.82 Å². The first kappa shape index (κ1) is 14.0. The molecule has 0 radical (unpaired) electrons. The summed E-state index contributed by atoms with van der Waals surface area (Å²) >= 11 is 0. The fraction of sp³-hybridized carbons (Fsp3) is 0.533. The molecule has 0 heterocycles. The molecule has 0 bridgehead atoms. The Bertz CT molecular complexity index is 440. The minimum absolute atomic E-state index is 0.0989. The fourth-order valence-corrected chi connectivity index (χ4v) is 2.05. The normalized spacial score (nSPS) is 17.9. The molecule has 104 valence electrons. The summed E-state index contributed by atoms with van der Waals surface area (Å²) in [7, 11) is 0. The molecule has 3 nitrogen and oxygen atoms in total. The van der Waals surface area contributed by atoms with Crippen LogP contribution in [-0.4, -0.2) is 22.9 Å². The Morgan fingerprint density at radius 1 is 1.37 bits per heavy atom. The molecule has 2 rings (SSSR count). The van der Waals surface area contributed by atoms with Gasteiger partial charge < -0.3 is 10.6 Å². The Hall–Kier alpha value is -1.42. The third-order valence-electron chi connectivity index (χ3n) is 3.72. The molecule has 0 saturated heterocycles. The topological polar surface area (TPSA) is 46.3 Å². The van der Waals surface area contributed by atoms with Crippen molar-refractivity contribution in [3.05, 3.63) is 35.6 Å². The van der Waals surface area contributed by atoms with Crippen molar-refractivity contribution in [2.75, 3.05) is 0 Å². The first-order chi connectivity index (χ1) is 8.99. The van der Waals surface area contributed by atoms with Crippen LogP contribution in [0.15, 0.2) is 24.3 Å². The van der Waals surface area contributed by atoms with Crippen LogP contribution in [0, 0.1) is 11.7 Å². The monoisotopic (exact) mass is 264 g/mol. The molecule has 1 fully saturated rings. The lowest BCUT2D eigenvalue weighted by Gasteiger charge is -2.27. The van der Waals surface area contributed by atoms with Crippen molar-refractivity contribution in [3.63, 3.8) is 0 Å². The molecule has 4 heteroatoms. The summed E-state index contributed by atoms with van der Waals surface area (Å²) in [4.78, 5) is 14.3. The van der Waals surface area contributed by atoms with E-state index in [-0.39, 0.29) is 23.7 Å². The molecule has 2 atom stereocenters. The van der Waals surface area contributed by atoms with E-state index in [1.807, 2.05) is 18.7 Å². The maximum Gasteiger partial charge on any atom is 0.227 e. The van der Waals surface area contributed by atoms with Crippen LogP contribution in [0.25, 0.3) is 0 Å². The maximum absolute atomic E-state index is 12.9. The van der Waals surface area contributed by atoms with Gasteiger partial charge in [0.05, 0.1) is 5.92 Å². The largest absolute Gasteiger partial charge is 0.335 e. The van der Waals surface area contributed by atoms with E-state index in [1.54, 1.807) is 12.1 Å². The van der Waals surface area contributed by atoms with Crippen molar-refractivity contribution in [3.8, 4) is 0 Å².